The second-order valence-electron chi connectivity index (χ2n) is 4.86. The highest BCUT2D eigenvalue weighted by Crippen LogP contribution is 2.17. The number of fused-ring (bicyclic) bond motifs is 1. The van der Waals surface area contributed by atoms with E-state index in [2.05, 4.69) is 10.1 Å². The standard InChI is InChI=1S/C16H13N5O3/c22-16(19-21(23)24)20(13-6-2-1-3-7-13)18-11-12-10-17-15-9-5-4-8-14(12)15/h1-11,17H,(H,19,22). The molecule has 0 unspecified atom stereocenters. The van der Waals surface area contributed by atoms with Crippen LogP contribution >= 0.6 is 0 Å². The first-order chi connectivity index (χ1) is 11.6. The summed E-state index contributed by atoms with van der Waals surface area (Å²) in [6.45, 7) is 0. The molecule has 3 aromatic rings. The molecule has 0 fully saturated rings. The molecule has 0 aliphatic rings. The van der Waals surface area contributed by atoms with Gasteiger partial charge in [-0.2, -0.15) is 10.1 Å². The predicted molar refractivity (Wildman–Crippen MR) is 90.3 cm³/mol. The number of nitrogens with one attached hydrogen (secondary N) is 2. The maximum Gasteiger partial charge on any atom is 0.400 e. The van der Waals surface area contributed by atoms with Gasteiger partial charge in [0.15, 0.2) is 5.03 Å². The first-order valence-corrected chi connectivity index (χ1v) is 7.05. The molecule has 0 saturated heterocycles. The van der Waals surface area contributed by atoms with Crippen molar-refractivity contribution >= 4 is 28.8 Å². The zero-order valence-corrected chi connectivity index (χ0v) is 12.4. The minimum atomic E-state index is -0.956. The van der Waals surface area contributed by atoms with E-state index >= 15 is 0 Å². The minimum Gasteiger partial charge on any atom is -0.361 e. The number of hydrazone groups is 1. The molecule has 2 amide bonds. The molecule has 3 rings (SSSR count). The minimum absolute atomic E-state index is 0.410. The number of aromatic nitrogens is 1. The molecule has 2 aromatic carbocycles. The maximum atomic E-state index is 12.0. The normalized spacial score (nSPS) is 10.8. The molecule has 0 spiro atoms. The van der Waals surface area contributed by atoms with Crippen LogP contribution in [-0.4, -0.2) is 22.3 Å². The van der Waals surface area contributed by atoms with Crippen LogP contribution in [0.2, 0.25) is 0 Å². The van der Waals surface area contributed by atoms with Crippen molar-refractivity contribution in [3.05, 3.63) is 76.5 Å². The van der Waals surface area contributed by atoms with Crippen LogP contribution in [0.3, 0.4) is 0 Å². The molecule has 8 heteroatoms. The summed E-state index contributed by atoms with van der Waals surface area (Å²) in [7, 11) is 0. The van der Waals surface area contributed by atoms with Crippen molar-refractivity contribution in [2.75, 3.05) is 5.01 Å². The summed E-state index contributed by atoms with van der Waals surface area (Å²) in [6, 6.07) is 15.1. The Bertz CT molecular complexity index is 904. The second-order valence-corrected chi connectivity index (χ2v) is 4.86. The molecule has 0 atom stereocenters. The van der Waals surface area contributed by atoms with Gasteiger partial charge >= 0.3 is 6.03 Å². The van der Waals surface area contributed by atoms with Crippen LogP contribution in [0, 0.1) is 10.1 Å². The molecule has 24 heavy (non-hydrogen) atoms. The number of nitro groups is 1. The first-order valence-electron chi connectivity index (χ1n) is 7.05. The summed E-state index contributed by atoms with van der Waals surface area (Å²) in [4.78, 5) is 25.7. The molecule has 0 radical (unpaired) electrons. The second kappa shape index (κ2) is 6.61. The van der Waals surface area contributed by atoms with Gasteiger partial charge in [0.05, 0.1) is 11.9 Å². The molecule has 1 aromatic heterocycles. The number of hydrogen-bond donors (Lipinski definition) is 2. The van der Waals surface area contributed by atoms with Crippen LogP contribution in [0.5, 0.6) is 0 Å². The van der Waals surface area contributed by atoms with Crippen molar-refractivity contribution in [3.8, 4) is 0 Å². The van der Waals surface area contributed by atoms with Crippen LogP contribution in [-0.2, 0) is 0 Å². The highest BCUT2D eigenvalue weighted by atomic mass is 16.7. The monoisotopic (exact) mass is 323 g/mol. The van der Waals surface area contributed by atoms with Crippen molar-refractivity contribution in [2.45, 2.75) is 0 Å². The zero-order chi connectivity index (χ0) is 16.9. The zero-order valence-electron chi connectivity index (χ0n) is 12.4. The summed E-state index contributed by atoms with van der Waals surface area (Å²) >= 11 is 0. The van der Waals surface area contributed by atoms with Crippen LogP contribution in [0.15, 0.2) is 65.9 Å². The summed E-state index contributed by atoms with van der Waals surface area (Å²) in [5, 5.41) is 15.6. The molecule has 0 bridgehead atoms. The summed E-state index contributed by atoms with van der Waals surface area (Å²) in [5.74, 6) is 0. The van der Waals surface area contributed by atoms with E-state index in [4.69, 9.17) is 0 Å². The molecule has 0 aliphatic heterocycles. The van der Waals surface area contributed by atoms with E-state index in [1.54, 1.807) is 42.0 Å². The Morgan fingerprint density at radius 3 is 2.62 bits per heavy atom. The van der Waals surface area contributed by atoms with Gasteiger partial charge in [0, 0.05) is 22.7 Å². The van der Waals surface area contributed by atoms with Crippen LogP contribution in [0.25, 0.3) is 10.9 Å². The number of benzene rings is 2. The van der Waals surface area contributed by atoms with Crippen molar-refractivity contribution in [2.24, 2.45) is 5.10 Å². The third-order valence-electron chi connectivity index (χ3n) is 3.31. The van der Waals surface area contributed by atoms with E-state index in [1.807, 2.05) is 24.3 Å². The third-order valence-corrected chi connectivity index (χ3v) is 3.31. The van der Waals surface area contributed by atoms with E-state index in [0.29, 0.717) is 5.69 Å². The lowest BCUT2D eigenvalue weighted by molar-refractivity contribution is -0.527. The molecule has 1 heterocycles. The Balaban J connectivity index is 1.94. The van der Waals surface area contributed by atoms with Gasteiger partial charge in [-0.25, -0.2) is 14.9 Å². The number of para-hydroxylation sites is 2. The number of carbonyl (C=O) groups is 1. The van der Waals surface area contributed by atoms with Gasteiger partial charge in [-0.3, -0.25) is 0 Å². The largest absolute Gasteiger partial charge is 0.400 e. The summed E-state index contributed by atoms with van der Waals surface area (Å²) in [5.41, 5.74) is 3.70. The van der Waals surface area contributed by atoms with E-state index in [1.165, 1.54) is 6.21 Å². The quantitative estimate of drug-likeness (QED) is 0.438. The fourth-order valence-electron chi connectivity index (χ4n) is 2.25. The van der Waals surface area contributed by atoms with Crippen LogP contribution in [0.1, 0.15) is 5.56 Å². The maximum absolute atomic E-state index is 12.0. The number of aromatic amines is 1. The highest BCUT2D eigenvalue weighted by molar-refractivity contribution is 6.01. The van der Waals surface area contributed by atoms with Gasteiger partial charge < -0.3 is 4.98 Å². The number of nitrogens with zero attached hydrogens (tertiary/aromatic N) is 3. The van der Waals surface area contributed by atoms with Crippen LogP contribution < -0.4 is 10.4 Å². The Kier molecular flexibility index (Phi) is 4.19. The van der Waals surface area contributed by atoms with E-state index < -0.39 is 11.1 Å². The molecule has 8 nitrogen and oxygen atoms in total. The van der Waals surface area contributed by atoms with Gasteiger partial charge in [-0.1, -0.05) is 36.4 Å². The van der Waals surface area contributed by atoms with Crippen LogP contribution in [0.4, 0.5) is 10.5 Å². The fraction of sp³-hybridized carbons (Fsp3) is 0. The van der Waals surface area contributed by atoms with Gasteiger partial charge in [0.25, 0.3) is 0 Å². The number of carbonyl (C=O) groups excluding carboxylic acids is 1. The predicted octanol–water partition coefficient (Wildman–Crippen LogP) is 2.91. The topological polar surface area (TPSA) is 104 Å². The number of urea groups is 1. The van der Waals surface area contributed by atoms with Gasteiger partial charge in [-0.15, -0.1) is 0 Å². The molecule has 0 aliphatic carbocycles. The van der Waals surface area contributed by atoms with Crippen molar-refractivity contribution in [1.82, 2.24) is 10.4 Å². The molecule has 0 saturated carbocycles. The third kappa shape index (κ3) is 3.22. The summed E-state index contributed by atoms with van der Waals surface area (Å²) in [6.07, 6.45) is 3.23. The molecule has 120 valence electrons. The molecular weight excluding hydrogens is 310 g/mol. The Hall–Kier alpha value is -3.68. The molecule has 2 N–H and O–H groups in total. The Morgan fingerprint density at radius 1 is 1.17 bits per heavy atom. The Labute approximate surface area is 136 Å². The highest BCUT2D eigenvalue weighted by Gasteiger charge is 2.18. The number of anilines is 1. The lowest BCUT2D eigenvalue weighted by atomic mass is 10.2. The van der Waals surface area contributed by atoms with Gasteiger partial charge in [-0.05, 0) is 23.6 Å². The summed E-state index contributed by atoms with van der Waals surface area (Å²) < 4.78 is 0. The fourth-order valence-corrected chi connectivity index (χ4v) is 2.25. The van der Waals surface area contributed by atoms with Gasteiger partial charge in [0.1, 0.15) is 0 Å². The average Bonchev–Trinajstić information content (AvgIpc) is 2.99. The lowest BCUT2D eigenvalue weighted by Crippen LogP contribution is -2.40. The molecular formula is C16H13N5O3. The lowest BCUT2D eigenvalue weighted by Gasteiger charge is -2.14. The van der Waals surface area contributed by atoms with Crippen molar-refractivity contribution in [1.29, 1.82) is 0 Å². The number of rotatable bonds is 4. The number of amides is 2. The van der Waals surface area contributed by atoms with E-state index in [9.17, 15) is 14.9 Å². The number of hydrazine groups is 1. The van der Waals surface area contributed by atoms with E-state index in [-0.39, 0.29) is 0 Å². The first kappa shape index (κ1) is 15.2. The van der Waals surface area contributed by atoms with Crippen molar-refractivity contribution < 1.29 is 9.83 Å². The average molecular weight is 323 g/mol. The number of hydrogen-bond acceptors (Lipinski definition) is 4. The Morgan fingerprint density at radius 2 is 1.88 bits per heavy atom. The smallest absolute Gasteiger partial charge is 0.361 e. The number of H-pyrrole nitrogens is 1. The van der Waals surface area contributed by atoms with E-state index in [0.717, 1.165) is 21.5 Å². The SMILES string of the molecule is O=C(N[N+](=O)[O-])N(N=Cc1c[nH]c2ccccc12)c1ccccc1. The van der Waals surface area contributed by atoms with Crippen molar-refractivity contribution in [3.63, 3.8) is 0 Å². The van der Waals surface area contributed by atoms with Gasteiger partial charge in [0.2, 0.25) is 0 Å².